The van der Waals surface area contributed by atoms with Crippen LogP contribution in [0.3, 0.4) is 0 Å². The van der Waals surface area contributed by atoms with Gasteiger partial charge in [-0.25, -0.2) is 0 Å². The van der Waals surface area contributed by atoms with Crippen LogP contribution in [0.2, 0.25) is 0 Å². The van der Waals surface area contributed by atoms with Crippen LogP contribution in [-0.4, -0.2) is 28.8 Å². The number of ether oxygens (including phenoxy) is 1. The second-order valence-corrected chi connectivity index (χ2v) is 5.63. The molecule has 1 aliphatic heterocycles. The molecule has 1 aliphatic rings. The van der Waals surface area contributed by atoms with Crippen LogP contribution in [0.1, 0.15) is 22.3 Å². The van der Waals surface area contributed by atoms with Crippen LogP contribution in [0.25, 0.3) is 0 Å². The van der Waals surface area contributed by atoms with Crippen LogP contribution in [0.15, 0.2) is 42.5 Å². The van der Waals surface area contributed by atoms with Crippen molar-refractivity contribution < 1.29 is 24.4 Å². The molecule has 0 aromatic heterocycles. The maximum absolute atomic E-state index is 12.5. The van der Waals surface area contributed by atoms with E-state index in [0.717, 1.165) is 6.07 Å². The minimum Gasteiger partial charge on any atom is -0.497 e. The van der Waals surface area contributed by atoms with Crippen molar-refractivity contribution in [1.82, 2.24) is 0 Å². The van der Waals surface area contributed by atoms with Crippen LogP contribution in [0.4, 0.5) is 11.4 Å². The summed E-state index contributed by atoms with van der Waals surface area (Å²) in [6.07, 6.45) is -0.528. The number of Topliss-reactive ketones (excluding diaryl/α,β-unsaturated/α-hetero) is 1. The number of rotatable bonds is 5. The summed E-state index contributed by atoms with van der Waals surface area (Å²) in [6, 6.07) is 9.87. The van der Waals surface area contributed by atoms with Gasteiger partial charge >= 0.3 is 0 Å². The quantitative estimate of drug-likeness (QED) is 0.487. The highest BCUT2D eigenvalue weighted by Crippen LogP contribution is 2.40. The van der Waals surface area contributed by atoms with E-state index in [0.29, 0.717) is 11.3 Å². The molecule has 0 aliphatic carbocycles. The molecule has 1 heterocycles. The van der Waals surface area contributed by atoms with Crippen molar-refractivity contribution in [1.29, 1.82) is 0 Å². The zero-order chi connectivity index (χ0) is 18.2. The summed E-state index contributed by atoms with van der Waals surface area (Å²) in [5, 5.41) is 24.2. The van der Waals surface area contributed by atoms with Crippen LogP contribution in [0, 0.1) is 10.1 Å². The molecule has 2 aromatic rings. The predicted molar refractivity (Wildman–Crippen MR) is 87.6 cm³/mol. The number of nitrogens with one attached hydrogen (secondary N) is 1. The van der Waals surface area contributed by atoms with Gasteiger partial charge in [0.1, 0.15) is 5.75 Å². The van der Waals surface area contributed by atoms with E-state index in [-0.39, 0.29) is 16.9 Å². The number of fused-ring (bicyclic) bond motifs is 1. The summed E-state index contributed by atoms with van der Waals surface area (Å²) < 4.78 is 5.01. The molecule has 3 rings (SSSR count). The van der Waals surface area contributed by atoms with E-state index in [9.17, 15) is 24.8 Å². The normalized spacial score (nSPS) is 18.4. The zero-order valence-electron chi connectivity index (χ0n) is 13.2. The maximum atomic E-state index is 12.5. The summed E-state index contributed by atoms with van der Waals surface area (Å²) >= 11 is 0. The second-order valence-electron chi connectivity index (χ2n) is 5.63. The number of nitrogens with zero attached hydrogens (tertiary/aromatic N) is 1. The Kier molecular flexibility index (Phi) is 3.97. The van der Waals surface area contributed by atoms with E-state index in [1.165, 1.54) is 31.4 Å². The van der Waals surface area contributed by atoms with E-state index in [2.05, 4.69) is 5.32 Å². The lowest BCUT2D eigenvalue weighted by atomic mass is 9.88. The van der Waals surface area contributed by atoms with Gasteiger partial charge in [0.25, 0.3) is 11.6 Å². The Bertz CT molecular complexity index is 877. The second kappa shape index (κ2) is 5.99. The standard InChI is InChI=1S/C17H14N2O6/c1-25-12-5-2-10(3-6-12)15(20)9-17(22)13-8-11(19(23)24)4-7-14(13)18-16(17)21/h2-8,22H,9H2,1H3,(H,18,21)/t17-/m0/s1. The first-order valence-corrected chi connectivity index (χ1v) is 7.35. The number of carbonyl (C=O) groups excluding carboxylic acids is 2. The van der Waals surface area contributed by atoms with Crippen molar-refractivity contribution in [3.63, 3.8) is 0 Å². The maximum Gasteiger partial charge on any atom is 0.269 e. The van der Waals surface area contributed by atoms with E-state index >= 15 is 0 Å². The third-order valence-corrected chi connectivity index (χ3v) is 4.11. The van der Waals surface area contributed by atoms with Crippen molar-refractivity contribution in [3.05, 3.63) is 63.7 Å². The van der Waals surface area contributed by atoms with Gasteiger partial charge in [0.05, 0.1) is 18.5 Å². The third-order valence-electron chi connectivity index (χ3n) is 4.11. The molecule has 0 saturated carbocycles. The Morgan fingerprint density at radius 3 is 2.56 bits per heavy atom. The monoisotopic (exact) mass is 342 g/mol. The number of aliphatic hydroxyl groups is 1. The molecule has 8 heteroatoms. The lowest BCUT2D eigenvalue weighted by Crippen LogP contribution is -2.36. The topological polar surface area (TPSA) is 119 Å². The highest BCUT2D eigenvalue weighted by atomic mass is 16.6. The molecule has 0 spiro atoms. The van der Waals surface area contributed by atoms with E-state index in [1.54, 1.807) is 12.1 Å². The number of non-ortho nitro benzene ring substituents is 1. The first-order valence-electron chi connectivity index (χ1n) is 7.35. The largest absolute Gasteiger partial charge is 0.497 e. The van der Waals surface area contributed by atoms with Gasteiger partial charge in [-0.3, -0.25) is 19.7 Å². The minimum atomic E-state index is -2.15. The molecule has 0 saturated heterocycles. The number of ketones is 1. The van der Waals surface area contributed by atoms with Crippen LogP contribution in [-0.2, 0) is 10.4 Å². The Labute approximate surface area is 142 Å². The number of methoxy groups -OCH3 is 1. The van der Waals surface area contributed by atoms with Gasteiger partial charge in [0, 0.05) is 28.9 Å². The highest BCUT2D eigenvalue weighted by Gasteiger charge is 2.47. The number of amides is 1. The summed E-state index contributed by atoms with van der Waals surface area (Å²) in [7, 11) is 1.49. The lowest BCUT2D eigenvalue weighted by molar-refractivity contribution is -0.385. The fraction of sp³-hybridized carbons (Fsp3) is 0.176. The lowest BCUT2D eigenvalue weighted by Gasteiger charge is -2.19. The molecule has 8 nitrogen and oxygen atoms in total. The predicted octanol–water partition coefficient (Wildman–Crippen LogP) is 2.02. The van der Waals surface area contributed by atoms with Crippen molar-refractivity contribution in [2.24, 2.45) is 0 Å². The van der Waals surface area contributed by atoms with Crippen molar-refractivity contribution >= 4 is 23.1 Å². The number of hydrogen-bond donors (Lipinski definition) is 2. The third kappa shape index (κ3) is 2.83. The van der Waals surface area contributed by atoms with Gasteiger partial charge in [-0.15, -0.1) is 0 Å². The summed E-state index contributed by atoms with van der Waals surface area (Å²) in [5.74, 6) is -0.695. The summed E-state index contributed by atoms with van der Waals surface area (Å²) in [5.41, 5.74) is -1.86. The molecular formula is C17H14N2O6. The molecule has 25 heavy (non-hydrogen) atoms. The van der Waals surface area contributed by atoms with Crippen LogP contribution in [0.5, 0.6) is 5.75 Å². The van der Waals surface area contributed by atoms with Crippen LogP contribution >= 0.6 is 0 Å². The molecule has 2 N–H and O–H groups in total. The van der Waals surface area contributed by atoms with Gasteiger partial charge in [-0.2, -0.15) is 0 Å². The number of carbonyl (C=O) groups is 2. The smallest absolute Gasteiger partial charge is 0.269 e. The Morgan fingerprint density at radius 2 is 1.96 bits per heavy atom. The Hall–Kier alpha value is -3.26. The average Bonchev–Trinajstić information content (AvgIpc) is 2.85. The molecule has 0 unspecified atom stereocenters. The zero-order valence-corrected chi connectivity index (χ0v) is 13.2. The first kappa shape index (κ1) is 16.6. The molecule has 2 aromatic carbocycles. The number of benzene rings is 2. The first-order chi connectivity index (χ1) is 11.8. The molecule has 128 valence electrons. The molecule has 1 atom stereocenters. The summed E-state index contributed by atoms with van der Waals surface area (Å²) in [6.45, 7) is 0. The molecule has 0 fully saturated rings. The van der Waals surface area contributed by atoms with E-state index in [1.807, 2.05) is 0 Å². The molecule has 0 bridgehead atoms. The SMILES string of the molecule is COc1ccc(C(=O)C[C@@]2(O)C(=O)Nc3ccc([N+](=O)[O-])cc32)cc1. The van der Waals surface area contributed by atoms with Crippen LogP contribution < -0.4 is 10.1 Å². The highest BCUT2D eigenvalue weighted by molar-refractivity contribution is 6.09. The molecule has 1 amide bonds. The van der Waals surface area contributed by atoms with Gasteiger partial charge in [-0.05, 0) is 30.3 Å². The Morgan fingerprint density at radius 1 is 1.28 bits per heavy atom. The van der Waals surface area contributed by atoms with Crippen molar-refractivity contribution in [2.45, 2.75) is 12.0 Å². The van der Waals surface area contributed by atoms with E-state index < -0.39 is 28.6 Å². The molecular weight excluding hydrogens is 328 g/mol. The fourth-order valence-corrected chi connectivity index (χ4v) is 2.73. The van der Waals surface area contributed by atoms with Crippen molar-refractivity contribution in [3.8, 4) is 5.75 Å². The Balaban J connectivity index is 1.93. The average molecular weight is 342 g/mol. The van der Waals surface area contributed by atoms with Gasteiger partial charge in [-0.1, -0.05) is 0 Å². The molecule has 0 radical (unpaired) electrons. The fourth-order valence-electron chi connectivity index (χ4n) is 2.73. The van der Waals surface area contributed by atoms with Crippen molar-refractivity contribution in [2.75, 3.05) is 12.4 Å². The minimum absolute atomic E-state index is 0.0218. The number of anilines is 1. The van der Waals surface area contributed by atoms with Gasteiger partial charge in [0.15, 0.2) is 11.4 Å². The van der Waals surface area contributed by atoms with Gasteiger partial charge in [0.2, 0.25) is 0 Å². The van der Waals surface area contributed by atoms with Gasteiger partial charge < -0.3 is 15.2 Å². The van der Waals surface area contributed by atoms with E-state index in [4.69, 9.17) is 4.74 Å². The number of nitro benzene ring substituents is 1. The summed E-state index contributed by atoms with van der Waals surface area (Å²) in [4.78, 5) is 35.0. The number of nitro groups is 1. The number of hydrogen-bond acceptors (Lipinski definition) is 6.